The summed E-state index contributed by atoms with van der Waals surface area (Å²) < 4.78 is 0. The van der Waals surface area contributed by atoms with Crippen molar-refractivity contribution < 1.29 is 4.79 Å². The fourth-order valence-electron chi connectivity index (χ4n) is 1.93. The first-order valence-corrected chi connectivity index (χ1v) is 6.57. The molecule has 4 nitrogen and oxygen atoms in total. The van der Waals surface area contributed by atoms with Gasteiger partial charge in [0.1, 0.15) is 0 Å². The highest BCUT2D eigenvalue weighted by Crippen LogP contribution is 2.12. The normalized spacial score (nSPS) is 10.1. The van der Waals surface area contributed by atoms with E-state index in [0.29, 0.717) is 13.1 Å². The van der Waals surface area contributed by atoms with E-state index in [1.165, 1.54) is 0 Å². The van der Waals surface area contributed by atoms with Crippen LogP contribution in [0.15, 0.2) is 48.5 Å². The number of carbonyl (C=O) groups excluding carboxylic acids is 1. The van der Waals surface area contributed by atoms with Crippen LogP contribution in [0.25, 0.3) is 0 Å². The molecule has 0 fully saturated rings. The Morgan fingerprint density at radius 3 is 2.60 bits per heavy atom. The number of para-hydroxylation sites is 1. The fourth-order valence-corrected chi connectivity index (χ4v) is 1.93. The maximum absolute atomic E-state index is 11.8. The summed E-state index contributed by atoms with van der Waals surface area (Å²) in [7, 11) is 0. The third-order valence-corrected chi connectivity index (χ3v) is 3.07. The number of hydrogen-bond acceptors (Lipinski definition) is 2. The first-order chi connectivity index (χ1) is 9.69. The average Bonchev–Trinajstić information content (AvgIpc) is 2.48. The number of nitrogens with one attached hydrogen (secondary N) is 2. The van der Waals surface area contributed by atoms with Crippen LogP contribution in [-0.2, 0) is 13.1 Å². The molecule has 0 radical (unpaired) electrons. The summed E-state index contributed by atoms with van der Waals surface area (Å²) in [6.45, 7) is 2.94. The zero-order chi connectivity index (χ0) is 14.4. The van der Waals surface area contributed by atoms with E-state index in [9.17, 15) is 4.79 Å². The van der Waals surface area contributed by atoms with Crippen molar-refractivity contribution >= 4 is 11.7 Å². The Morgan fingerprint density at radius 1 is 1.10 bits per heavy atom. The van der Waals surface area contributed by atoms with E-state index in [4.69, 9.17) is 5.73 Å². The van der Waals surface area contributed by atoms with Crippen LogP contribution in [-0.4, -0.2) is 6.03 Å². The van der Waals surface area contributed by atoms with Gasteiger partial charge in [0.2, 0.25) is 0 Å². The van der Waals surface area contributed by atoms with Gasteiger partial charge >= 0.3 is 6.03 Å². The van der Waals surface area contributed by atoms with Crippen LogP contribution in [0.3, 0.4) is 0 Å². The van der Waals surface area contributed by atoms with Crippen LogP contribution in [0.2, 0.25) is 0 Å². The molecule has 20 heavy (non-hydrogen) atoms. The van der Waals surface area contributed by atoms with Crippen LogP contribution in [0.4, 0.5) is 10.5 Å². The minimum Gasteiger partial charge on any atom is -0.334 e. The topological polar surface area (TPSA) is 67.2 Å². The maximum atomic E-state index is 11.8. The van der Waals surface area contributed by atoms with Gasteiger partial charge in [-0.2, -0.15) is 0 Å². The lowest BCUT2D eigenvalue weighted by Crippen LogP contribution is -2.28. The van der Waals surface area contributed by atoms with Crippen LogP contribution in [0.1, 0.15) is 16.7 Å². The van der Waals surface area contributed by atoms with E-state index in [2.05, 4.69) is 10.6 Å². The van der Waals surface area contributed by atoms with Crippen molar-refractivity contribution in [2.75, 3.05) is 5.32 Å². The largest absolute Gasteiger partial charge is 0.334 e. The molecule has 2 aromatic carbocycles. The zero-order valence-corrected chi connectivity index (χ0v) is 11.5. The standard InChI is InChI=1S/C16H19N3O/c1-12-5-2-3-8-15(12)19-16(20)18-11-14-7-4-6-13(9-14)10-17/h2-9H,10-11,17H2,1H3,(H2,18,19,20). The summed E-state index contributed by atoms with van der Waals surface area (Å²) in [5.74, 6) is 0. The summed E-state index contributed by atoms with van der Waals surface area (Å²) in [6, 6.07) is 15.3. The third kappa shape index (κ3) is 3.83. The number of nitrogens with two attached hydrogens (primary N) is 1. The van der Waals surface area contributed by atoms with Crippen LogP contribution >= 0.6 is 0 Å². The van der Waals surface area contributed by atoms with Crippen molar-refractivity contribution in [3.63, 3.8) is 0 Å². The zero-order valence-electron chi connectivity index (χ0n) is 11.5. The number of carbonyl (C=O) groups is 1. The molecule has 2 aromatic rings. The molecule has 0 aromatic heterocycles. The van der Waals surface area contributed by atoms with Crippen LogP contribution < -0.4 is 16.4 Å². The molecule has 0 atom stereocenters. The predicted octanol–water partition coefficient (Wildman–Crippen LogP) is 2.78. The molecule has 4 heteroatoms. The number of benzene rings is 2. The molecule has 0 aliphatic rings. The fraction of sp³-hybridized carbons (Fsp3) is 0.188. The van der Waals surface area contributed by atoms with Gasteiger partial charge in [-0.3, -0.25) is 0 Å². The molecule has 0 saturated carbocycles. The van der Waals surface area contributed by atoms with Gasteiger partial charge in [0.15, 0.2) is 0 Å². The van der Waals surface area contributed by atoms with E-state index in [-0.39, 0.29) is 6.03 Å². The van der Waals surface area contributed by atoms with E-state index < -0.39 is 0 Å². The molecular weight excluding hydrogens is 250 g/mol. The number of aryl methyl sites for hydroxylation is 1. The van der Waals surface area contributed by atoms with Crippen molar-refractivity contribution in [2.24, 2.45) is 5.73 Å². The molecule has 104 valence electrons. The minimum absolute atomic E-state index is 0.211. The van der Waals surface area contributed by atoms with Gasteiger partial charge in [-0.15, -0.1) is 0 Å². The van der Waals surface area contributed by atoms with Crippen molar-refractivity contribution in [1.82, 2.24) is 5.32 Å². The average molecular weight is 269 g/mol. The van der Waals surface area contributed by atoms with Gasteiger partial charge in [-0.25, -0.2) is 4.79 Å². The molecular formula is C16H19N3O. The summed E-state index contributed by atoms with van der Waals surface area (Å²) in [5, 5.41) is 5.67. The number of rotatable bonds is 4. The second-order valence-electron chi connectivity index (χ2n) is 4.65. The first-order valence-electron chi connectivity index (χ1n) is 6.57. The Labute approximate surface area is 119 Å². The Morgan fingerprint density at radius 2 is 1.85 bits per heavy atom. The van der Waals surface area contributed by atoms with Gasteiger partial charge in [0, 0.05) is 18.8 Å². The molecule has 0 heterocycles. The van der Waals surface area contributed by atoms with E-state index >= 15 is 0 Å². The monoisotopic (exact) mass is 269 g/mol. The first kappa shape index (κ1) is 14.1. The molecule has 0 saturated heterocycles. The summed E-state index contributed by atoms with van der Waals surface area (Å²) in [6.07, 6.45) is 0. The number of hydrogen-bond donors (Lipinski definition) is 3. The summed E-state index contributed by atoms with van der Waals surface area (Å²) in [4.78, 5) is 11.8. The molecule has 0 aliphatic heterocycles. The van der Waals surface area contributed by atoms with Crippen LogP contribution in [0.5, 0.6) is 0 Å². The quantitative estimate of drug-likeness (QED) is 0.799. The lowest BCUT2D eigenvalue weighted by atomic mass is 10.1. The van der Waals surface area contributed by atoms with Gasteiger partial charge in [-0.1, -0.05) is 42.5 Å². The molecule has 0 bridgehead atoms. The Hall–Kier alpha value is -2.33. The van der Waals surface area contributed by atoms with Gasteiger partial charge in [-0.05, 0) is 29.7 Å². The smallest absolute Gasteiger partial charge is 0.319 e. The Bertz CT molecular complexity index is 596. The summed E-state index contributed by atoms with van der Waals surface area (Å²) in [5.41, 5.74) is 9.54. The van der Waals surface area contributed by atoms with E-state index in [1.807, 2.05) is 55.5 Å². The lowest BCUT2D eigenvalue weighted by molar-refractivity contribution is 0.251. The summed E-state index contributed by atoms with van der Waals surface area (Å²) >= 11 is 0. The van der Waals surface area contributed by atoms with Crippen molar-refractivity contribution in [1.29, 1.82) is 0 Å². The second kappa shape index (κ2) is 6.73. The van der Waals surface area contributed by atoms with Gasteiger partial charge in [0.25, 0.3) is 0 Å². The molecule has 0 unspecified atom stereocenters. The number of anilines is 1. The molecule has 0 aliphatic carbocycles. The second-order valence-corrected chi connectivity index (χ2v) is 4.65. The number of amides is 2. The van der Waals surface area contributed by atoms with Crippen LogP contribution in [0, 0.1) is 6.92 Å². The number of urea groups is 1. The van der Waals surface area contributed by atoms with Crippen molar-refractivity contribution in [2.45, 2.75) is 20.0 Å². The van der Waals surface area contributed by atoms with E-state index in [1.54, 1.807) is 0 Å². The van der Waals surface area contributed by atoms with E-state index in [0.717, 1.165) is 22.4 Å². The molecule has 2 rings (SSSR count). The van der Waals surface area contributed by atoms with Crippen molar-refractivity contribution in [3.05, 3.63) is 65.2 Å². The molecule has 2 amide bonds. The molecule has 0 spiro atoms. The van der Waals surface area contributed by atoms with Gasteiger partial charge in [0.05, 0.1) is 0 Å². The van der Waals surface area contributed by atoms with Gasteiger partial charge < -0.3 is 16.4 Å². The van der Waals surface area contributed by atoms with Crippen molar-refractivity contribution in [3.8, 4) is 0 Å². The highest BCUT2D eigenvalue weighted by atomic mass is 16.2. The lowest BCUT2D eigenvalue weighted by Gasteiger charge is -2.10. The highest BCUT2D eigenvalue weighted by Gasteiger charge is 2.03. The maximum Gasteiger partial charge on any atom is 0.319 e. The Balaban J connectivity index is 1.90. The molecule has 4 N–H and O–H groups in total. The SMILES string of the molecule is Cc1ccccc1NC(=O)NCc1cccc(CN)c1. The predicted molar refractivity (Wildman–Crippen MR) is 81.4 cm³/mol. The Kier molecular flexibility index (Phi) is 4.74. The minimum atomic E-state index is -0.211. The third-order valence-electron chi connectivity index (χ3n) is 3.07. The highest BCUT2D eigenvalue weighted by molar-refractivity contribution is 5.89.